The highest BCUT2D eigenvalue weighted by molar-refractivity contribution is 6.07. The number of hydrogen-bond acceptors (Lipinski definition) is 5. The minimum atomic E-state index is -0.166. The van der Waals surface area contributed by atoms with Crippen LogP contribution in [0.5, 0.6) is 0 Å². The average Bonchev–Trinajstić information content (AvgIpc) is 3.35. The lowest BCUT2D eigenvalue weighted by molar-refractivity contribution is -0.118. The summed E-state index contributed by atoms with van der Waals surface area (Å²) < 4.78 is 1.63. The minimum Gasteiger partial charge on any atom is -0.305 e. The number of fused-ring (bicyclic) bond motifs is 1. The Kier molecular flexibility index (Phi) is 6.33. The molecule has 36 heavy (non-hydrogen) atoms. The van der Waals surface area contributed by atoms with E-state index in [0.29, 0.717) is 24.2 Å². The Labute approximate surface area is 210 Å². The van der Waals surface area contributed by atoms with E-state index in [0.717, 1.165) is 22.6 Å². The van der Waals surface area contributed by atoms with Crippen LogP contribution in [-0.4, -0.2) is 38.1 Å². The number of amides is 2. The van der Waals surface area contributed by atoms with Crippen LogP contribution in [0.2, 0.25) is 0 Å². The summed E-state index contributed by atoms with van der Waals surface area (Å²) in [5, 5.41) is 11.6. The fourth-order valence-corrected chi connectivity index (χ4v) is 4.95. The number of rotatable bonds is 5. The van der Waals surface area contributed by atoms with E-state index in [4.69, 9.17) is 0 Å². The number of anilines is 2. The molecule has 1 aliphatic rings. The van der Waals surface area contributed by atoms with Gasteiger partial charge in [-0.1, -0.05) is 43.3 Å². The zero-order chi connectivity index (χ0) is 25.2. The smallest absolute Gasteiger partial charge is 0.258 e. The topological polar surface area (TPSA) is 84.2 Å². The first-order valence-corrected chi connectivity index (χ1v) is 12.1. The molecule has 0 aliphatic carbocycles. The van der Waals surface area contributed by atoms with Gasteiger partial charge in [0, 0.05) is 29.4 Å². The van der Waals surface area contributed by atoms with Gasteiger partial charge in [0.1, 0.15) is 0 Å². The molecule has 2 amide bonds. The van der Waals surface area contributed by atoms with Crippen molar-refractivity contribution in [1.29, 1.82) is 0 Å². The third kappa shape index (κ3) is 4.15. The van der Waals surface area contributed by atoms with Crippen molar-refractivity contribution in [3.63, 3.8) is 0 Å². The van der Waals surface area contributed by atoms with Crippen LogP contribution in [0.15, 0.2) is 78.9 Å². The van der Waals surface area contributed by atoms with Gasteiger partial charge in [-0.3, -0.25) is 9.59 Å². The molecular formula is C28H28N6O2. The van der Waals surface area contributed by atoms with Crippen molar-refractivity contribution in [3.8, 4) is 5.69 Å². The number of carbonyl (C=O) groups is 2. The fourth-order valence-electron chi connectivity index (χ4n) is 4.95. The highest BCUT2D eigenvalue weighted by atomic mass is 16.2. The fraction of sp³-hybridized carbons (Fsp3) is 0.250. The number of para-hydroxylation sites is 2. The lowest BCUT2D eigenvalue weighted by atomic mass is 9.89. The predicted molar refractivity (Wildman–Crippen MR) is 138 cm³/mol. The molecule has 0 N–H and O–H groups in total. The average molecular weight is 481 g/mol. The molecule has 4 aromatic rings. The molecule has 0 saturated carbocycles. The van der Waals surface area contributed by atoms with Gasteiger partial charge in [-0.2, -0.15) is 4.68 Å². The molecule has 182 valence electrons. The summed E-state index contributed by atoms with van der Waals surface area (Å²) >= 11 is 0. The maximum absolute atomic E-state index is 13.8. The van der Waals surface area contributed by atoms with Crippen LogP contribution in [-0.2, 0) is 4.79 Å². The number of tetrazole rings is 1. The van der Waals surface area contributed by atoms with Crippen molar-refractivity contribution in [2.45, 2.75) is 45.7 Å². The molecule has 8 nitrogen and oxygen atoms in total. The van der Waals surface area contributed by atoms with Crippen LogP contribution < -0.4 is 9.80 Å². The van der Waals surface area contributed by atoms with Gasteiger partial charge in [-0.15, -0.1) is 5.10 Å². The summed E-state index contributed by atoms with van der Waals surface area (Å²) in [7, 11) is 0. The third-order valence-electron chi connectivity index (χ3n) is 6.68. The highest BCUT2D eigenvalue weighted by Crippen LogP contribution is 2.42. The molecule has 0 saturated heterocycles. The largest absolute Gasteiger partial charge is 0.305 e. The molecule has 0 fully saturated rings. The third-order valence-corrected chi connectivity index (χ3v) is 6.68. The first kappa shape index (κ1) is 23.4. The van der Waals surface area contributed by atoms with E-state index in [1.165, 1.54) is 0 Å². The molecule has 0 spiro atoms. The number of aryl methyl sites for hydroxylation is 1. The van der Waals surface area contributed by atoms with E-state index in [9.17, 15) is 9.59 Å². The quantitative estimate of drug-likeness (QED) is 0.406. The molecule has 0 radical (unpaired) electrons. The van der Waals surface area contributed by atoms with Crippen molar-refractivity contribution in [3.05, 3.63) is 95.8 Å². The summed E-state index contributed by atoms with van der Waals surface area (Å²) in [4.78, 5) is 30.7. The Hall–Kier alpha value is -4.33. The first-order chi connectivity index (χ1) is 17.5. The minimum absolute atomic E-state index is 0.0569. The summed E-state index contributed by atoms with van der Waals surface area (Å²) in [5.74, 6) is 0.645. The molecule has 0 bridgehead atoms. The molecule has 0 unspecified atom stereocenters. The van der Waals surface area contributed by atoms with Crippen molar-refractivity contribution in [2.75, 3.05) is 9.80 Å². The number of hydrogen-bond donors (Lipinski definition) is 0. The van der Waals surface area contributed by atoms with Crippen LogP contribution in [0, 0.1) is 6.92 Å². The standard InChI is InChI=1S/C28H28N6O2/c1-4-27(35)33(22-10-6-5-7-11-22)26-18-19(2)32(25-13-9-8-12-24(25)26)28(36)21-14-16-23(17-15-21)34-20(3)29-30-31-34/h5-17,19,26H,4,18H2,1-3H3/t19-,26+/m1/s1. The van der Waals surface area contributed by atoms with Gasteiger partial charge in [0.25, 0.3) is 5.91 Å². The van der Waals surface area contributed by atoms with Gasteiger partial charge in [-0.05, 0) is 78.7 Å². The molecule has 8 heteroatoms. The number of aromatic nitrogens is 4. The van der Waals surface area contributed by atoms with E-state index in [1.807, 2.05) is 97.3 Å². The van der Waals surface area contributed by atoms with Crippen LogP contribution in [0.3, 0.4) is 0 Å². The Morgan fingerprint density at radius 3 is 2.33 bits per heavy atom. The van der Waals surface area contributed by atoms with E-state index in [-0.39, 0.29) is 23.9 Å². The van der Waals surface area contributed by atoms with E-state index < -0.39 is 0 Å². The zero-order valence-corrected chi connectivity index (χ0v) is 20.6. The van der Waals surface area contributed by atoms with Gasteiger partial charge in [0.15, 0.2) is 5.82 Å². The molecule has 2 atom stereocenters. The van der Waals surface area contributed by atoms with Crippen molar-refractivity contribution in [2.24, 2.45) is 0 Å². The second-order valence-electron chi connectivity index (χ2n) is 8.97. The van der Waals surface area contributed by atoms with Crippen LogP contribution >= 0.6 is 0 Å². The van der Waals surface area contributed by atoms with Crippen molar-refractivity contribution >= 4 is 23.2 Å². The van der Waals surface area contributed by atoms with E-state index in [2.05, 4.69) is 15.5 Å². The second-order valence-corrected chi connectivity index (χ2v) is 8.97. The van der Waals surface area contributed by atoms with Crippen LogP contribution in [0.1, 0.15) is 54.5 Å². The van der Waals surface area contributed by atoms with E-state index in [1.54, 1.807) is 16.8 Å². The molecule has 1 aliphatic heterocycles. The predicted octanol–water partition coefficient (Wildman–Crippen LogP) is 4.89. The lowest BCUT2D eigenvalue weighted by Crippen LogP contribution is -2.47. The molecule has 5 rings (SSSR count). The van der Waals surface area contributed by atoms with Gasteiger partial charge in [0.2, 0.25) is 5.91 Å². The van der Waals surface area contributed by atoms with Gasteiger partial charge >= 0.3 is 0 Å². The Balaban J connectivity index is 1.51. The van der Waals surface area contributed by atoms with Gasteiger partial charge in [0.05, 0.1) is 11.7 Å². The van der Waals surface area contributed by atoms with Crippen LogP contribution in [0.4, 0.5) is 11.4 Å². The summed E-state index contributed by atoms with van der Waals surface area (Å²) in [6, 6.07) is 24.7. The summed E-state index contributed by atoms with van der Waals surface area (Å²) in [6.45, 7) is 5.75. The molecular weight excluding hydrogens is 452 g/mol. The first-order valence-electron chi connectivity index (χ1n) is 12.1. The lowest BCUT2D eigenvalue weighted by Gasteiger charge is -2.43. The molecule has 3 aromatic carbocycles. The second kappa shape index (κ2) is 9.73. The Morgan fingerprint density at radius 1 is 0.972 bits per heavy atom. The maximum Gasteiger partial charge on any atom is 0.258 e. The van der Waals surface area contributed by atoms with Gasteiger partial charge < -0.3 is 9.80 Å². The summed E-state index contributed by atoms with van der Waals surface area (Å²) in [5.41, 5.74) is 4.03. The maximum atomic E-state index is 13.8. The number of carbonyl (C=O) groups excluding carboxylic acids is 2. The normalized spacial score (nSPS) is 16.9. The van der Waals surface area contributed by atoms with Crippen molar-refractivity contribution in [1.82, 2.24) is 20.2 Å². The van der Waals surface area contributed by atoms with Crippen LogP contribution in [0.25, 0.3) is 5.69 Å². The zero-order valence-electron chi connectivity index (χ0n) is 20.6. The Morgan fingerprint density at radius 2 is 1.67 bits per heavy atom. The Bertz CT molecular complexity index is 1380. The van der Waals surface area contributed by atoms with E-state index >= 15 is 0 Å². The van der Waals surface area contributed by atoms with Crippen molar-refractivity contribution < 1.29 is 9.59 Å². The summed E-state index contributed by atoms with van der Waals surface area (Å²) in [6.07, 6.45) is 1.03. The number of benzene rings is 3. The monoisotopic (exact) mass is 480 g/mol. The molecule has 2 heterocycles. The molecule has 1 aromatic heterocycles. The SMILES string of the molecule is CCC(=O)N(c1ccccc1)[C@H]1C[C@@H](C)N(C(=O)c2ccc(-n3nnnc3C)cc2)c2ccccc21. The number of nitrogens with zero attached hydrogens (tertiary/aromatic N) is 6. The van der Waals surface area contributed by atoms with Gasteiger partial charge in [-0.25, -0.2) is 0 Å². The highest BCUT2D eigenvalue weighted by Gasteiger charge is 2.38.